The molecule has 0 bridgehead atoms. The van der Waals surface area contributed by atoms with E-state index in [1.165, 1.54) is 17.0 Å². The van der Waals surface area contributed by atoms with E-state index in [-0.39, 0.29) is 23.6 Å². The Morgan fingerprint density at radius 1 is 1.00 bits per heavy atom. The zero-order valence-corrected chi connectivity index (χ0v) is 16.8. The summed E-state index contributed by atoms with van der Waals surface area (Å²) in [4.78, 5) is 31.9. The summed E-state index contributed by atoms with van der Waals surface area (Å²) in [5.74, 6) is -1.87. The number of para-hydroxylation sites is 1. The first-order valence-corrected chi connectivity index (χ1v) is 9.98. The molecule has 2 N–H and O–H groups in total. The van der Waals surface area contributed by atoms with Crippen molar-refractivity contribution in [2.24, 2.45) is 0 Å². The van der Waals surface area contributed by atoms with Gasteiger partial charge in [-0.15, -0.1) is 0 Å². The Morgan fingerprint density at radius 3 is 2.53 bits per heavy atom. The Bertz CT molecular complexity index is 1340. The number of aliphatic hydroxyl groups is 1. The maximum atomic E-state index is 13.5. The molecular formula is C25H18N2O5. The second-order valence-corrected chi connectivity index (χ2v) is 7.53. The smallest absolute Gasteiger partial charge is 0.290 e. The summed E-state index contributed by atoms with van der Waals surface area (Å²) < 4.78 is 5.70. The monoisotopic (exact) mass is 426 g/mol. The third kappa shape index (κ3) is 3.30. The third-order valence-corrected chi connectivity index (χ3v) is 5.49. The van der Waals surface area contributed by atoms with Crippen LogP contribution in [0.15, 0.2) is 94.9 Å². The van der Waals surface area contributed by atoms with Crippen LogP contribution in [0.25, 0.3) is 11.0 Å². The van der Waals surface area contributed by atoms with Gasteiger partial charge in [-0.3, -0.25) is 14.6 Å². The number of benzene rings is 2. The highest BCUT2D eigenvalue weighted by atomic mass is 16.3. The number of aromatic hydroxyl groups is 1. The van der Waals surface area contributed by atoms with Crippen LogP contribution >= 0.6 is 0 Å². The van der Waals surface area contributed by atoms with Crippen LogP contribution in [-0.4, -0.2) is 31.8 Å². The lowest BCUT2D eigenvalue weighted by Crippen LogP contribution is -2.30. The molecular weight excluding hydrogens is 408 g/mol. The molecule has 1 amide bonds. The maximum Gasteiger partial charge on any atom is 0.290 e. The zero-order chi connectivity index (χ0) is 22.2. The number of aromatic nitrogens is 1. The van der Waals surface area contributed by atoms with Crippen molar-refractivity contribution in [3.63, 3.8) is 0 Å². The lowest BCUT2D eigenvalue weighted by molar-refractivity contribution is -0.130. The van der Waals surface area contributed by atoms with Crippen LogP contribution in [0.4, 0.5) is 0 Å². The van der Waals surface area contributed by atoms with Crippen LogP contribution in [0.3, 0.4) is 0 Å². The fraction of sp³-hybridized carbons (Fsp3) is 0.0800. The molecule has 0 aliphatic carbocycles. The largest absolute Gasteiger partial charge is 0.508 e. The van der Waals surface area contributed by atoms with Gasteiger partial charge < -0.3 is 19.5 Å². The number of pyridine rings is 1. The third-order valence-electron chi connectivity index (χ3n) is 5.49. The normalized spacial score (nSPS) is 16.2. The van der Waals surface area contributed by atoms with E-state index in [9.17, 15) is 19.8 Å². The Labute approximate surface area is 182 Å². The summed E-state index contributed by atoms with van der Waals surface area (Å²) in [5.41, 5.74) is 1.72. The number of phenolic OH excluding ortho intramolecular Hbond substituents is 1. The molecule has 32 heavy (non-hydrogen) atoms. The Kier molecular flexibility index (Phi) is 4.71. The van der Waals surface area contributed by atoms with Crippen molar-refractivity contribution in [1.82, 2.24) is 9.88 Å². The summed E-state index contributed by atoms with van der Waals surface area (Å²) in [6.07, 6.45) is 3.21. The van der Waals surface area contributed by atoms with Gasteiger partial charge in [0.15, 0.2) is 11.5 Å². The second-order valence-electron chi connectivity index (χ2n) is 7.53. The van der Waals surface area contributed by atoms with Gasteiger partial charge in [0.05, 0.1) is 11.6 Å². The van der Waals surface area contributed by atoms with Crippen LogP contribution in [0.1, 0.15) is 27.7 Å². The molecule has 0 saturated carbocycles. The number of rotatable bonds is 5. The number of carbonyl (C=O) groups excluding carboxylic acids is 2. The molecule has 4 aromatic rings. The summed E-state index contributed by atoms with van der Waals surface area (Å²) in [5, 5.41) is 21.5. The first kappa shape index (κ1) is 19.6. The molecule has 0 radical (unpaired) electrons. The van der Waals surface area contributed by atoms with Gasteiger partial charge in [-0.25, -0.2) is 0 Å². The lowest BCUT2D eigenvalue weighted by Gasteiger charge is -2.26. The molecule has 0 saturated heterocycles. The molecule has 1 atom stereocenters. The molecule has 3 heterocycles. The van der Waals surface area contributed by atoms with Crippen molar-refractivity contribution in [3.05, 3.63) is 107 Å². The first-order chi connectivity index (χ1) is 15.5. The molecule has 0 spiro atoms. The van der Waals surface area contributed by atoms with E-state index in [0.29, 0.717) is 11.1 Å². The fourth-order valence-corrected chi connectivity index (χ4v) is 4.00. The Morgan fingerprint density at radius 2 is 1.78 bits per heavy atom. The average Bonchev–Trinajstić information content (AvgIpc) is 3.34. The summed E-state index contributed by atoms with van der Waals surface area (Å²) >= 11 is 0. The SMILES string of the molecule is O=C(C1=C(O)C(=O)N(Cc2ccncc2)C1c1cccc(O)c1)c1cc2ccccc2o1. The molecule has 158 valence electrons. The van der Waals surface area contributed by atoms with Crippen LogP contribution in [0.5, 0.6) is 5.75 Å². The average molecular weight is 426 g/mol. The Hall–Kier alpha value is -4.39. The lowest BCUT2D eigenvalue weighted by atomic mass is 9.94. The minimum absolute atomic E-state index is 0.0132. The molecule has 7 heteroatoms. The molecule has 2 aromatic carbocycles. The van der Waals surface area contributed by atoms with E-state index >= 15 is 0 Å². The molecule has 1 unspecified atom stereocenters. The fourth-order valence-electron chi connectivity index (χ4n) is 4.00. The number of furan rings is 1. The van der Waals surface area contributed by atoms with Crippen molar-refractivity contribution in [1.29, 1.82) is 0 Å². The van der Waals surface area contributed by atoms with Crippen molar-refractivity contribution in [2.45, 2.75) is 12.6 Å². The number of ketones is 1. The van der Waals surface area contributed by atoms with Crippen LogP contribution in [0, 0.1) is 0 Å². The van der Waals surface area contributed by atoms with E-state index in [1.54, 1.807) is 54.9 Å². The van der Waals surface area contributed by atoms with E-state index in [2.05, 4.69) is 4.98 Å². The van der Waals surface area contributed by atoms with Gasteiger partial charge in [0, 0.05) is 24.3 Å². The number of amides is 1. The zero-order valence-electron chi connectivity index (χ0n) is 16.8. The summed E-state index contributed by atoms with van der Waals surface area (Å²) in [7, 11) is 0. The number of carbonyl (C=O) groups is 2. The van der Waals surface area contributed by atoms with Gasteiger partial charge in [0.1, 0.15) is 11.3 Å². The minimum atomic E-state index is -0.900. The number of Topliss-reactive ketones (excluding diaryl/α,β-unsaturated/α-hetero) is 1. The van der Waals surface area contributed by atoms with E-state index in [0.717, 1.165) is 10.9 Å². The molecule has 5 rings (SSSR count). The number of nitrogens with zero attached hydrogens (tertiary/aromatic N) is 2. The number of aliphatic hydroxyl groups excluding tert-OH is 1. The molecule has 7 nitrogen and oxygen atoms in total. The van der Waals surface area contributed by atoms with Crippen molar-refractivity contribution in [3.8, 4) is 5.75 Å². The quantitative estimate of drug-likeness (QED) is 0.461. The minimum Gasteiger partial charge on any atom is -0.508 e. The van der Waals surface area contributed by atoms with Crippen molar-refractivity contribution in [2.75, 3.05) is 0 Å². The maximum absolute atomic E-state index is 13.5. The van der Waals surface area contributed by atoms with Crippen LogP contribution < -0.4 is 0 Å². The standard InChI is InChI=1S/C25H18N2O5/c28-18-6-3-5-17(12-18)22-21(23(29)20-13-16-4-1-2-7-19(16)32-20)24(30)25(31)27(22)14-15-8-10-26-11-9-15/h1-13,22,28,30H,14H2. The number of hydrogen-bond donors (Lipinski definition) is 2. The first-order valence-electron chi connectivity index (χ1n) is 9.98. The highest BCUT2D eigenvalue weighted by Gasteiger charge is 2.44. The molecule has 2 aromatic heterocycles. The number of hydrogen-bond acceptors (Lipinski definition) is 6. The summed E-state index contributed by atoms with van der Waals surface area (Å²) in [6, 6.07) is 17.7. The predicted molar refractivity (Wildman–Crippen MR) is 116 cm³/mol. The van der Waals surface area contributed by atoms with E-state index < -0.39 is 23.5 Å². The number of fused-ring (bicyclic) bond motifs is 1. The van der Waals surface area contributed by atoms with Gasteiger partial charge in [0.25, 0.3) is 5.91 Å². The highest BCUT2D eigenvalue weighted by Crippen LogP contribution is 2.41. The second kappa shape index (κ2) is 7.70. The molecule has 0 fully saturated rings. The van der Waals surface area contributed by atoms with Gasteiger partial charge in [-0.1, -0.05) is 30.3 Å². The molecule has 1 aliphatic rings. The van der Waals surface area contributed by atoms with Gasteiger partial charge >= 0.3 is 0 Å². The van der Waals surface area contributed by atoms with Crippen molar-refractivity contribution < 1.29 is 24.2 Å². The van der Waals surface area contributed by atoms with E-state index in [1.807, 2.05) is 12.1 Å². The van der Waals surface area contributed by atoms with E-state index in [4.69, 9.17) is 4.42 Å². The van der Waals surface area contributed by atoms with Gasteiger partial charge in [-0.05, 0) is 47.5 Å². The highest BCUT2D eigenvalue weighted by molar-refractivity contribution is 6.16. The van der Waals surface area contributed by atoms with Gasteiger partial charge in [0.2, 0.25) is 5.78 Å². The summed E-state index contributed by atoms with van der Waals surface area (Å²) in [6.45, 7) is 0.142. The van der Waals surface area contributed by atoms with Crippen molar-refractivity contribution >= 4 is 22.7 Å². The van der Waals surface area contributed by atoms with Gasteiger partial charge in [-0.2, -0.15) is 0 Å². The van der Waals surface area contributed by atoms with Crippen LogP contribution in [-0.2, 0) is 11.3 Å². The Balaban J connectivity index is 1.61. The van der Waals surface area contributed by atoms with Crippen LogP contribution in [0.2, 0.25) is 0 Å². The topological polar surface area (TPSA) is 104 Å². The number of phenols is 1. The molecule has 1 aliphatic heterocycles. The predicted octanol–water partition coefficient (Wildman–Crippen LogP) is 4.31.